The Morgan fingerprint density at radius 1 is 1.09 bits per heavy atom. The highest BCUT2D eigenvalue weighted by Crippen LogP contribution is 2.24. The van der Waals surface area contributed by atoms with E-state index in [0.717, 1.165) is 22.4 Å². The number of rotatable bonds is 9. The molecule has 0 aliphatic carbocycles. The number of imidazole rings is 1. The van der Waals surface area contributed by atoms with E-state index >= 15 is 0 Å². The lowest BCUT2D eigenvalue weighted by Gasteiger charge is -2.07. The van der Waals surface area contributed by atoms with Gasteiger partial charge in [-0.15, -0.1) is 0 Å². The summed E-state index contributed by atoms with van der Waals surface area (Å²) >= 11 is 0. The fourth-order valence-corrected chi connectivity index (χ4v) is 3.42. The Hall–Kier alpha value is -4.01. The van der Waals surface area contributed by atoms with Crippen molar-refractivity contribution in [3.05, 3.63) is 90.0 Å². The van der Waals surface area contributed by atoms with Crippen molar-refractivity contribution in [1.82, 2.24) is 14.4 Å². The van der Waals surface area contributed by atoms with Gasteiger partial charge in [-0.05, 0) is 41.5 Å². The second kappa shape index (κ2) is 10.3. The first-order chi connectivity index (χ1) is 16.4. The summed E-state index contributed by atoms with van der Waals surface area (Å²) in [5.74, 6) is -0.442. The first-order valence-electron chi connectivity index (χ1n) is 10.6. The highest BCUT2D eigenvalue weighted by molar-refractivity contribution is 5.82. The van der Waals surface area contributed by atoms with Crippen molar-refractivity contribution in [2.24, 2.45) is 5.16 Å². The summed E-state index contributed by atoms with van der Waals surface area (Å²) in [5.41, 5.74) is 4.75. The zero-order valence-electron chi connectivity index (χ0n) is 18.1. The second-order valence-corrected chi connectivity index (χ2v) is 7.73. The Morgan fingerprint density at radius 2 is 1.91 bits per heavy atom. The predicted octanol–water partition coefficient (Wildman–Crippen LogP) is 5.40. The van der Waals surface area contributed by atoms with E-state index in [4.69, 9.17) is 4.84 Å². The first kappa shape index (κ1) is 23.2. The van der Waals surface area contributed by atoms with Gasteiger partial charge in [-0.3, -0.25) is 14.2 Å². The Bertz CT molecular complexity index is 1300. The lowest BCUT2D eigenvalue weighted by atomic mass is 10.0. The molecule has 0 atom stereocenters. The molecule has 3 heterocycles. The van der Waals surface area contributed by atoms with E-state index in [1.165, 1.54) is 0 Å². The SMILES string of the molecule is O=C(CCC(F)(F)F)Cc1cccc(-c2cnc3cc(/C=N\OCc4ccncc4)ccn23)c1. The van der Waals surface area contributed by atoms with Crippen molar-refractivity contribution in [1.29, 1.82) is 0 Å². The van der Waals surface area contributed by atoms with Crippen molar-refractivity contribution in [3.63, 3.8) is 0 Å². The zero-order chi connectivity index (χ0) is 24.0. The standard InChI is InChI=1S/C25H21F3N4O2/c26-25(27,28)8-4-22(33)13-19-2-1-3-21(12-19)23-16-30-24-14-20(7-11-32(23)24)15-31-34-17-18-5-9-29-10-6-18/h1-3,5-7,9-12,14-16H,4,8,13,17H2/b31-15-. The molecule has 34 heavy (non-hydrogen) atoms. The maximum absolute atomic E-state index is 12.4. The Labute approximate surface area is 193 Å². The van der Waals surface area contributed by atoms with Crippen LogP contribution in [0.3, 0.4) is 0 Å². The van der Waals surface area contributed by atoms with Crippen LogP contribution in [0.5, 0.6) is 0 Å². The summed E-state index contributed by atoms with van der Waals surface area (Å²) in [6.45, 7) is 0.337. The molecule has 4 rings (SSSR count). The van der Waals surface area contributed by atoms with Gasteiger partial charge in [0, 0.05) is 42.6 Å². The number of alkyl halides is 3. The van der Waals surface area contributed by atoms with Crippen molar-refractivity contribution in [2.45, 2.75) is 32.0 Å². The fourth-order valence-electron chi connectivity index (χ4n) is 3.42. The largest absolute Gasteiger partial charge is 0.391 e. The Kier molecular flexibility index (Phi) is 7.01. The van der Waals surface area contributed by atoms with Crippen LogP contribution in [-0.4, -0.2) is 32.5 Å². The number of fused-ring (bicyclic) bond motifs is 1. The molecule has 1 aromatic carbocycles. The van der Waals surface area contributed by atoms with Crippen LogP contribution in [0.2, 0.25) is 0 Å². The van der Waals surface area contributed by atoms with Gasteiger partial charge >= 0.3 is 6.18 Å². The topological polar surface area (TPSA) is 68.8 Å². The number of halogens is 3. The summed E-state index contributed by atoms with van der Waals surface area (Å²) in [5, 5.41) is 3.99. The number of pyridine rings is 2. The second-order valence-electron chi connectivity index (χ2n) is 7.73. The number of benzene rings is 1. The average Bonchev–Trinajstić information content (AvgIpc) is 3.24. The smallest absolute Gasteiger partial charge is 0.389 e. The van der Waals surface area contributed by atoms with Gasteiger partial charge < -0.3 is 4.84 Å². The summed E-state index contributed by atoms with van der Waals surface area (Å²) in [7, 11) is 0. The molecule has 0 radical (unpaired) electrons. The quantitative estimate of drug-likeness (QED) is 0.245. The molecule has 0 saturated carbocycles. The van der Waals surface area contributed by atoms with Crippen LogP contribution >= 0.6 is 0 Å². The monoisotopic (exact) mass is 466 g/mol. The highest BCUT2D eigenvalue weighted by Gasteiger charge is 2.27. The van der Waals surface area contributed by atoms with E-state index in [0.29, 0.717) is 17.8 Å². The highest BCUT2D eigenvalue weighted by atomic mass is 19.4. The number of carbonyl (C=O) groups excluding carboxylic acids is 1. The molecule has 6 nitrogen and oxygen atoms in total. The number of hydrogen-bond acceptors (Lipinski definition) is 5. The summed E-state index contributed by atoms with van der Waals surface area (Å²) < 4.78 is 39.0. The maximum Gasteiger partial charge on any atom is 0.389 e. The third-order valence-corrected chi connectivity index (χ3v) is 5.11. The predicted molar refractivity (Wildman–Crippen MR) is 121 cm³/mol. The van der Waals surface area contributed by atoms with Gasteiger partial charge in [-0.2, -0.15) is 13.2 Å². The molecule has 0 aliphatic rings. The van der Waals surface area contributed by atoms with Gasteiger partial charge in [0.2, 0.25) is 0 Å². The van der Waals surface area contributed by atoms with E-state index < -0.39 is 24.8 Å². The number of oxime groups is 1. The number of hydrogen-bond donors (Lipinski definition) is 0. The molecule has 0 aliphatic heterocycles. The van der Waals surface area contributed by atoms with Crippen molar-refractivity contribution < 1.29 is 22.8 Å². The van der Waals surface area contributed by atoms with Crippen LogP contribution < -0.4 is 0 Å². The average molecular weight is 466 g/mol. The minimum Gasteiger partial charge on any atom is -0.391 e. The zero-order valence-corrected chi connectivity index (χ0v) is 18.1. The molecule has 4 aromatic rings. The third-order valence-electron chi connectivity index (χ3n) is 5.11. The lowest BCUT2D eigenvalue weighted by molar-refractivity contribution is -0.143. The van der Waals surface area contributed by atoms with E-state index in [2.05, 4.69) is 15.1 Å². The van der Waals surface area contributed by atoms with Gasteiger partial charge in [0.15, 0.2) is 0 Å². The van der Waals surface area contributed by atoms with Crippen LogP contribution in [0.1, 0.15) is 29.5 Å². The normalized spacial score (nSPS) is 11.9. The molecule has 0 N–H and O–H groups in total. The summed E-state index contributed by atoms with van der Waals surface area (Å²) in [6.07, 6.45) is 2.55. The van der Waals surface area contributed by atoms with Gasteiger partial charge in [0.05, 0.1) is 24.5 Å². The van der Waals surface area contributed by atoms with Crippen LogP contribution in [-0.2, 0) is 22.7 Å². The molecule has 174 valence electrons. The Morgan fingerprint density at radius 3 is 2.71 bits per heavy atom. The van der Waals surface area contributed by atoms with E-state index in [1.807, 2.05) is 40.9 Å². The van der Waals surface area contributed by atoms with E-state index in [-0.39, 0.29) is 6.42 Å². The first-order valence-corrected chi connectivity index (χ1v) is 10.6. The molecule has 0 saturated heterocycles. The summed E-state index contributed by atoms with van der Waals surface area (Å²) in [4.78, 5) is 25.7. The van der Waals surface area contributed by atoms with Crippen molar-refractivity contribution in [2.75, 3.05) is 0 Å². The van der Waals surface area contributed by atoms with E-state index in [1.54, 1.807) is 43.0 Å². The van der Waals surface area contributed by atoms with Crippen molar-refractivity contribution >= 4 is 17.6 Å². The number of nitrogens with zero attached hydrogens (tertiary/aromatic N) is 4. The molecular formula is C25H21F3N4O2. The molecule has 0 fully saturated rings. The molecule has 0 unspecified atom stereocenters. The molecule has 0 spiro atoms. The third kappa shape index (κ3) is 6.28. The molecule has 3 aromatic heterocycles. The maximum atomic E-state index is 12.4. The Balaban J connectivity index is 1.43. The van der Waals surface area contributed by atoms with Gasteiger partial charge in [-0.1, -0.05) is 23.4 Å². The van der Waals surface area contributed by atoms with E-state index in [9.17, 15) is 18.0 Å². The van der Waals surface area contributed by atoms with Gasteiger partial charge in [-0.25, -0.2) is 4.98 Å². The molecule has 9 heteroatoms. The van der Waals surface area contributed by atoms with Crippen LogP contribution in [0.15, 0.2) is 78.5 Å². The number of carbonyl (C=O) groups is 1. The van der Waals surface area contributed by atoms with Crippen molar-refractivity contribution in [3.8, 4) is 11.3 Å². The van der Waals surface area contributed by atoms with Gasteiger partial charge in [0.25, 0.3) is 0 Å². The number of ketones is 1. The fraction of sp³-hybridized carbons (Fsp3) is 0.200. The summed E-state index contributed by atoms with van der Waals surface area (Å²) in [6, 6.07) is 14.6. The van der Waals surface area contributed by atoms with Crippen LogP contribution in [0.4, 0.5) is 13.2 Å². The molecule has 0 amide bonds. The minimum atomic E-state index is -4.33. The van der Waals surface area contributed by atoms with Gasteiger partial charge in [0.1, 0.15) is 18.0 Å². The minimum absolute atomic E-state index is 0.0409. The molecular weight excluding hydrogens is 445 g/mol. The number of Topliss-reactive ketones (excluding diaryl/α,β-unsaturated/α-hetero) is 1. The number of aromatic nitrogens is 3. The van der Waals surface area contributed by atoms with Crippen LogP contribution in [0.25, 0.3) is 16.9 Å². The van der Waals surface area contributed by atoms with Crippen LogP contribution in [0, 0.1) is 0 Å². The lowest BCUT2D eigenvalue weighted by Crippen LogP contribution is -2.12. The molecule has 0 bridgehead atoms.